The first-order valence-corrected chi connectivity index (χ1v) is 9.41. The predicted octanol–water partition coefficient (Wildman–Crippen LogP) is 3.81. The lowest BCUT2D eigenvalue weighted by Crippen LogP contribution is -2.27. The molecule has 0 bridgehead atoms. The Kier molecular flexibility index (Phi) is 7.49. The first-order valence-electron chi connectivity index (χ1n) is 9.41. The fourth-order valence-electron chi connectivity index (χ4n) is 2.54. The molecule has 168 valence electrons. The zero-order chi connectivity index (χ0) is 23.1. The van der Waals surface area contributed by atoms with E-state index in [0.29, 0.717) is 17.0 Å². The van der Waals surface area contributed by atoms with Crippen molar-refractivity contribution >= 4 is 17.2 Å². The van der Waals surface area contributed by atoms with Crippen molar-refractivity contribution in [1.82, 2.24) is 25.8 Å². The van der Waals surface area contributed by atoms with Gasteiger partial charge in [0.2, 0.25) is 0 Å². The maximum Gasteiger partial charge on any atom is 0.183 e. The molecular weight excluding hydrogens is 430 g/mol. The average molecular weight is 449 g/mol. The van der Waals surface area contributed by atoms with Gasteiger partial charge >= 0.3 is 0 Å². The van der Waals surface area contributed by atoms with E-state index in [1.807, 2.05) is 0 Å². The molecule has 0 aliphatic carbocycles. The van der Waals surface area contributed by atoms with Crippen LogP contribution in [0.5, 0.6) is 0 Å². The summed E-state index contributed by atoms with van der Waals surface area (Å²) in [7, 11) is 0. The Bertz CT molecular complexity index is 1090. The van der Waals surface area contributed by atoms with Gasteiger partial charge in [-0.1, -0.05) is 23.4 Å². The van der Waals surface area contributed by atoms with E-state index in [9.17, 15) is 17.7 Å². The lowest BCUT2D eigenvalue weighted by molar-refractivity contribution is -0.178. The molecule has 1 unspecified atom stereocenters. The minimum Gasteiger partial charge on any atom is -0.379 e. The number of rotatable bonds is 10. The zero-order valence-electron chi connectivity index (χ0n) is 16.8. The molecule has 2 aromatic heterocycles. The third kappa shape index (κ3) is 5.88. The normalized spacial score (nSPS) is 12.6. The molecule has 1 aromatic carbocycles. The van der Waals surface area contributed by atoms with E-state index < -0.39 is 23.0 Å². The van der Waals surface area contributed by atoms with Crippen LogP contribution in [0.4, 0.5) is 23.6 Å². The van der Waals surface area contributed by atoms with Gasteiger partial charge in [0.1, 0.15) is 23.5 Å². The summed E-state index contributed by atoms with van der Waals surface area (Å²) in [6, 6.07) is 6.53. The molecule has 3 N–H and O–H groups in total. The molecule has 0 saturated heterocycles. The van der Waals surface area contributed by atoms with Gasteiger partial charge in [-0.15, -0.1) is 8.96 Å². The molecule has 0 radical (unpaired) electrons. The minimum absolute atomic E-state index is 0.0938. The molecule has 0 aliphatic heterocycles. The van der Waals surface area contributed by atoms with Gasteiger partial charge < -0.3 is 15.2 Å². The number of hydrogen-bond donors (Lipinski definition) is 3. The van der Waals surface area contributed by atoms with Crippen molar-refractivity contribution in [3.63, 3.8) is 0 Å². The molecule has 3 aromatic rings. The van der Waals surface area contributed by atoms with E-state index in [1.165, 1.54) is 31.4 Å². The van der Waals surface area contributed by atoms with Crippen LogP contribution in [0.1, 0.15) is 24.0 Å². The maximum absolute atomic E-state index is 14.0. The highest BCUT2D eigenvalue weighted by molar-refractivity contribution is 6.07. The largest absolute Gasteiger partial charge is 0.379 e. The monoisotopic (exact) mass is 449 g/mol. The SMILES string of the molecule is CC(CNc1nc(C(=N)/C=C(\NCc2ccccc2F)c2ccon2)ncc1F)N(F)F. The number of nitrogens with one attached hydrogen (secondary N) is 3. The van der Waals surface area contributed by atoms with Crippen LogP contribution in [0.2, 0.25) is 0 Å². The Hall–Kier alpha value is -3.80. The standard InChI is InChI=1S/C20H19F4N7O/c1-12(31(23)24)9-27-19-15(22)11-28-20(29-19)16(25)8-18(17-6-7-32-30-17)26-10-13-4-2-3-5-14(13)21/h2-8,11-12,25-26H,9-10H2,1H3,(H,27,28,29)/b18-8-,25-16?. The summed E-state index contributed by atoms with van der Waals surface area (Å²) >= 11 is 0. The second kappa shape index (κ2) is 10.5. The van der Waals surface area contributed by atoms with E-state index in [2.05, 4.69) is 25.8 Å². The highest BCUT2D eigenvalue weighted by Gasteiger charge is 2.16. The second-order valence-electron chi connectivity index (χ2n) is 6.68. The molecule has 0 amide bonds. The number of benzene rings is 1. The molecule has 12 heteroatoms. The van der Waals surface area contributed by atoms with Crippen LogP contribution in [0.3, 0.4) is 0 Å². The fraction of sp³-hybridized carbons (Fsp3) is 0.200. The van der Waals surface area contributed by atoms with E-state index >= 15 is 0 Å². The van der Waals surface area contributed by atoms with Gasteiger partial charge in [-0.05, 0) is 19.1 Å². The van der Waals surface area contributed by atoms with Crippen LogP contribution >= 0.6 is 0 Å². The average Bonchev–Trinajstić information content (AvgIpc) is 3.31. The predicted molar refractivity (Wildman–Crippen MR) is 109 cm³/mol. The number of anilines is 1. The van der Waals surface area contributed by atoms with Gasteiger partial charge in [-0.25, -0.2) is 18.7 Å². The van der Waals surface area contributed by atoms with Gasteiger partial charge in [-0.3, -0.25) is 5.41 Å². The molecule has 32 heavy (non-hydrogen) atoms. The van der Waals surface area contributed by atoms with Gasteiger partial charge in [0, 0.05) is 30.1 Å². The third-order valence-electron chi connectivity index (χ3n) is 4.31. The van der Waals surface area contributed by atoms with Crippen molar-refractivity contribution < 1.29 is 22.3 Å². The van der Waals surface area contributed by atoms with Gasteiger partial charge in [0.15, 0.2) is 17.5 Å². The van der Waals surface area contributed by atoms with Crippen molar-refractivity contribution in [2.45, 2.75) is 19.5 Å². The number of allylic oxidation sites excluding steroid dienone is 1. The highest BCUT2D eigenvalue weighted by atomic mass is 19.4. The summed E-state index contributed by atoms with van der Waals surface area (Å²) in [5, 5.41) is 16.5. The van der Waals surface area contributed by atoms with Crippen LogP contribution in [0, 0.1) is 17.0 Å². The lowest BCUT2D eigenvalue weighted by Gasteiger charge is -2.13. The highest BCUT2D eigenvalue weighted by Crippen LogP contribution is 2.15. The van der Waals surface area contributed by atoms with Gasteiger partial charge in [0.25, 0.3) is 0 Å². The van der Waals surface area contributed by atoms with Crippen LogP contribution in [0.15, 0.2) is 53.4 Å². The molecular formula is C20H19F4N7O. The molecule has 2 heterocycles. The number of hydrogen-bond acceptors (Lipinski definition) is 8. The molecule has 3 rings (SSSR count). The molecule has 1 atom stereocenters. The summed E-state index contributed by atoms with van der Waals surface area (Å²) in [5.74, 6) is -1.73. The Morgan fingerprint density at radius 1 is 1.22 bits per heavy atom. The summed E-state index contributed by atoms with van der Waals surface area (Å²) in [4.78, 5) is 7.69. The first-order chi connectivity index (χ1) is 15.3. The van der Waals surface area contributed by atoms with E-state index in [4.69, 9.17) is 9.93 Å². The third-order valence-corrected chi connectivity index (χ3v) is 4.31. The fourth-order valence-corrected chi connectivity index (χ4v) is 2.54. The quantitative estimate of drug-likeness (QED) is 0.246. The number of aromatic nitrogens is 3. The van der Waals surface area contributed by atoms with Gasteiger partial charge in [-0.2, -0.15) is 0 Å². The van der Waals surface area contributed by atoms with E-state index in [0.717, 1.165) is 6.20 Å². The van der Waals surface area contributed by atoms with Crippen molar-refractivity contribution in [3.8, 4) is 0 Å². The Balaban J connectivity index is 1.80. The molecule has 8 nitrogen and oxygen atoms in total. The first kappa shape index (κ1) is 22.9. The smallest absolute Gasteiger partial charge is 0.183 e. The van der Waals surface area contributed by atoms with Crippen molar-refractivity contribution in [2.24, 2.45) is 0 Å². The zero-order valence-corrected chi connectivity index (χ0v) is 16.8. The van der Waals surface area contributed by atoms with Crippen molar-refractivity contribution in [2.75, 3.05) is 11.9 Å². The molecule has 0 saturated carbocycles. The van der Waals surface area contributed by atoms with E-state index in [-0.39, 0.29) is 30.4 Å². The van der Waals surface area contributed by atoms with Crippen LogP contribution in [-0.2, 0) is 6.54 Å². The van der Waals surface area contributed by atoms with Crippen LogP contribution in [0.25, 0.3) is 5.70 Å². The van der Waals surface area contributed by atoms with Crippen molar-refractivity contribution in [1.29, 1.82) is 5.41 Å². The number of halogens is 4. The second-order valence-corrected chi connectivity index (χ2v) is 6.68. The Morgan fingerprint density at radius 2 is 2.00 bits per heavy atom. The number of nitrogens with zero attached hydrogens (tertiary/aromatic N) is 4. The van der Waals surface area contributed by atoms with Gasteiger partial charge in [0.05, 0.1) is 17.9 Å². The molecule has 0 spiro atoms. The topological polar surface area (TPSA) is 103 Å². The van der Waals surface area contributed by atoms with E-state index in [1.54, 1.807) is 18.2 Å². The molecule has 0 fully saturated rings. The summed E-state index contributed by atoms with van der Waals surface area (Å²) in [5.41, 5.74) is 0.819. The van der Waals surface area contributed by atoms with Crippen molar-refractivity contribution in [3.05, 3.63) is 77.6 Å². The maximum atomic E-state index is 14.0. The lowest BCUT2D eigenvalue weighted by atomic mass is 10.2. The Labute approximate surface area is 180 Å². The van der Waals surface area contributed by atoms with Crippen LogP contribution < -0.4 is 10.6 Å². The van der Waals surface area contributed by atoms with Crippen LogP contribution in [-0.4, -0.2) is 38.8 Å². The summed E-state index contributed by atoms with van der Waals surface area (Å²) < 4.78 is 57.8. The summed E-state index contributed by atoms with van der Waals surface area (Å²) in [6.07, 6.45) is 3.49. The molecule has 0 aliphatic rings. The summed E-state index contributed by atoms with van der Waals surface area (Å²) in [6.45, 7) is 1.05. The minimum atomic E-state index is -1.19. The Morgan fingerprint density at radius 3 is 2.69 bits per heavy atom.